The number of amides is 1. The van der Waals surface area contributed by atoms with E-state index in [0.717, 1.165) is 56.1 Å². The van der Waals surface area contributed by atoms with Crippen molar-refractivity contribution in [3.8, 4) is 0 Å². The third-order valence-corrected chi connectivity index (χ3v) is 5.75. The molecule has 2 aromatic rings. The van der Waals surface area contributed by atoms with Crippen LogP contribution < -0.4 is 5.32 Å². The van der Waals surface area contributed by atoms with Crippen molar-refractivity contribution in [1.82, 2.24) is 30.0 Å². The Morgan fingerprint density at radius 1 is 1.31 bits per heavy atom. The van der Waals surface area contributed by atoms with E-state index in [1.165, 1.54) is 18.4 Å². The van der Waals surface area contributed by atoms with Gasteiger partial charge in [-0.3, -0.25) is 9.48 Å². The van der Waals surface area contributed by atoms with Gasteiger partial charge in [-0.1, -0.05) is 0 Å². The van der Waals surface area contributed by atoms with Gasteiger partial charge in [0.25, 0.3) is 5.91 Å². The summed E-state index contributed by atoms with van der Waals surface area (Å²) in [6, 6.07) is 1.95. The van der Waals surface area contributed by atoms with Crippen LogP contribution in [0.25, 0.3) is 0 Å². The van der Waals surface area contributed by atoms with E-state index >= 15 is 0 Å². The molecule has 1 aliphatic carbocycles. The smallest absolute Gasteiger partial charge is 0.272 e. The predicted octanol–water partition coefficient (Wildman–Crippen LogP) is 1.71. The van der Waals surface area contributed by atoms with E-state index in [-0.39, 0.29) is 11.9 Å². The molecule has 136 valence electrons. The van der Waals surface area contributed by atoms with E-state index in [1.807, 2.05) is 24.2 Å². The van der Waals surface area contributed by atoms with Crippen LogP contribution in [-0.2, 0) is 20.0 Å². The molecule has 3 aliphatic rings. The van der Waals surface area contributed by atoms with Crippen molar-refractivity contribution in [2.75, 3.05) is 13.1 Å². The average Bonchev–Trinajstić information content (AvgIpc) is 3.27. The molecule has 2 fully saturated rings. The van der Waals surface area contributed by atoms with E-state index in [2.05, 4.69) is 15.4 Å². The van der Waals surface area contributed by atoms with Crippen molar-refractivity contribution < 1.29 is 4.79 Å². The second-order valence-corrected chi connectivity index (χ2v) is 7.64. The number of aromatic nitrogens is 4. The number of nitrogens with zero attached hydrogens (tertiary/aromatic N) is 5. The quantitative estimate of drug-likeness (QED) is 0.910. The van der Waals surface area contributed by atoms with E-state index < -0.39 is 0 Å². The van der Waals surface area contributed by atoms with Gasteiger partial charge in [-0.2, -0.15) is 5.10 Å². The first kappa shape index (κ1) is 15.9. The first-order chi connectivity index (χ1) is 12.7. The first-order valence-electron chi connectivity index (χ1n) is 9.61. The average molecular weight is 352 g/mol. The second kappa shape index (κ2) is 6.16. The fraction of sp³-hybridized carbons (Fsp3) is 0.579. The molecule has 1 N–H and O–H groups in total. The minimum Gasteiger partial charge on any atom is -0.327 e. The maximum atomic E-state index is 13.2. The third-order valence-electron chi connectivity index (χ3n) is 5.75. The Morgan fingerprint density at radius 2 is 2.19 bits per heavy atom. The fourth-order valence-corrected chi connectivity index (χ4v) is 4.11. The number of likely N-dealkylation sites (tertiary alicyclic amines) is 1. The lowest BCUT2D eigenvalue weighted by Gasteiger charge is -2.25. The molecule has 2 aliphatic heterocycles. The van der Waals surface area contributed by atoms with Gasteiger partial charge in [0, 0.05) is 56.5 Å². The standard InChI is InChI=1S/C19H24N6O/c1-24-17(9-15(23-24)12-4-5-12)19(26)25-8-2-3-16(25)18-21-11-13-10-20-7-6-14(13)22-18/h9,11-12,16,20H,2-8,10H2,1H3/t16-/m1/s1. The van der Waals surface area contributed by atoms with Crippen molar-refractivity contribution in [2.45, 2.75) is 50.6 Å². The zero-order valence-corrected chi connectivity index (χ0v) is 15.1. The highest BCUT2D eigenvalue weighted by Gasteiger charge is 2.35. The summed E-state index contributed by atoms with van der Waals surface area (Å²) in [7, 11) is 1.87. The summed E-state index contributed by atoms with van der Waals surface area (Å²) in [4.78, 5) is 24.6. The normalized spacial score (nSPS) is 22.5. The number of carbonyl (C=O) groups excluding carboxylic acids is 1. The van der Waals surface area contributed by atoms with E-state index in [4.69, 9.17) is 4.98 Å². The number of hydrogen-bond donors (Lipinski definition) is 1. The summed E-state index contributed by atoms with van der Waals surface area (Å²) in [5.41, 5.74) is 4.05. The minimum atomic E-state index is -0.0260. The largest absolute Gasteiger partial charge is 0.327 e. The molecule has 4 heterocycles. The van der Waals surface area contributed by atoms with E-state index in [0.29, 0.717) is 11.6 Å². The predicted molar refractivity (Wildman–Crippen MR) is 95.6 cm³/mol. The number of aryl methyl sites for hydroxylation is 1. The summed E-state index contributed by atoms with van der Waals surface area (Å²) in [6.07, 6.45) is 7.16. The number of fused-ring (bicyclic) bond motifs is 1. The topological polar surface area (TPSA) is 75.9 Å². The molecule has 1 atom stereocenters. The van der Waals surface area contributed by atoms with Gasteiger partial charge < -0.3 is 10.2 Å². The molecule has 0 unspecified atom stereocenters. The maximum Gasteiger partial charge on any atom is 0.272 e. The molecule has 5 rings (SSSR count). The molecule has 2 aromatic heterocycles. The van der Waals surface area contributed by atoms with Crippen LogP contribution in [0.1, 0.15) is 70.9 Å². The van der Waals surface area contributed by atoms with Crippen molar-refractivity contribution in [2.24, 2.45) is 7.05 Å². The molecule has 7 nitrogen and oxygen atoms in total. The summed E-state index contributed by atoms with van der Waals surface area (Å²) in [6.45, 7) is 2.55. The van der Waals surface area contributed by atoms with Crippen LogP contribution in [0.2, 0.25) is 0 Å². The summed E-state index contributed by atoms with van der Waals surface area (Å²) in [5.74, 6) is 1.40. The highest BCUT2D eigenvalue weighted by molar-refractivity contribution is 5.93. The monoisotopic (exact) mass is 352 g/mol. The Labute approximate surface area is 152 Å². The molecule has 0 aromatic carbocycles. The summed E-state index contributed by atoms with van der Waals surface area (Å²) in [5, 5.41) is 7.90. The number of carbonyl (C=O) groups is 1. The molecule has 1 saturated heterocycles. The highest BCUT2D eigenvalue weighted by atomic mass is 16.2. The zero-order valence-electron chi connectivity index (χ0n) is 15.1. The van der Waals surface area contributed by atoms with Crippen LogP contribution in [0.3, 0.4) is 0 Å². The Kier molecular flexibility index (Phi) is 3.77. The van der Waals surface area contributed by atoms with Gasteiger partial charge in [0.05, 0.1) is 11.7 Å². The molecule has 0 radical (unpaired) electrons. The minimum absolute atomic E-state index is 0.0260. The molecule has 26 heavy (non-hydrogen) atoms. The molecular formula is C19H24N6O. The van der Waals surface area contributed by atoms with Crippen molar-refractivity contribution in [3.05, 3.63) is 40.7 Å². The number of hydrogen-bond acceptors (Lipinski definition) is 5. The van der Waals surface area contributed by atoms with Gasteiger partial charge in [0.15, 0.2) is 5.82 Å². The number of rotatable bonds is 3. The molecule has 7 heteroatoms. The summed E-state index contributed by atoms with van der Waals surface area (Å²) < 4.78 is 1.74. The van der Waals surface area contributed by atoms with Crippen LogP contribution in [0.15, 0.2) is 12.3 Å². The van der Waals surface area contributed by atoms with Gasteiger partial charge in [0.2, 0.25) is 0 Å². The third kappa shape index (κ3) is 2.70. The lowest BCUT2D eigenvalue weighted by Crippen LogP contribution is -2.33. The zero-order chi connectivity index (χ0) is 17.7. The van der Waals surface area contributed by atoms with Crippen LogP contribution in [0.5, 0.6) is 0 Å². The highest BCUT2D eigenvalue weighted by Crippen LogP contribution is 2.40. The van der Waals surface area contributed by atoms with Crippen molar-refractivity contribution in [3.63, 3.8) is 0 Å². The van der Waals surface area contributed by atoms with Crippen LogP contribution >= 0.6 is 0 Å². The lowest BCUT2D eigenvalue weighted by molar-refractivity contribution is 0.0718. The van der Waals surface area contributed by atoms with Crippen LogP contribution in [0.4, 0.5) is 0 Å². The molecule has 1 saturated carbocycles. The van der Waals surface area contributed by atoms with Gasteiger partial charge in [-0.25, -0.2) is 9.97 Å². The van der Waals surface area contributed by atoms with Crippen LogP contribution in [-0.4, -0.2) is 43.6 Å². The van der Waals surface area contributed by atoms with Gasteiger partial charge >= 0.3 is 0 Å². The van der Waals surface area contributed by atoms with Gasteiger partial charge in [-0.15, -0.1) is 0 Å². The van der Waals surface area contributed by atoms with Gasteiger partial charge in [0.1, 0.15) is 5.69 Å². The Balaban J connectivity index is 1.42. The maximum absolute atomic E-state index is 13.2. The fourth-order valence-electron chi connectivity index (χ4n) is 4.11. The SMILES string of the molecule is Cn1nc(C2CC2)cc1C(=O)N1CCC[C@@H]1c1ncc2c(n1)CCNC2. The van der Waals surface area contributed by atoms with E-state index in [9.17, 15) is 4.79 Å². The second-order valence-electron chi connectivity index (χ2n) is 7.64. The van der Waals surface area contributed by atoms with Crippen molar-refractivity contribution in [1.29, 1.82) is 0 Å². The lowest BCUT2D eigenvalue weighted by atomic mass is 10.1. The van der Waals surface area contributed by atoms with Crippen molar-refractivity contribution >= 4 is 5.91 Å². The Hall–Kier alpha value is -2.28. The first-order valence-corrected chi connectivity index (χ1v) is 9.61. The van der Waals surface area contributed by atoms with Crippen LogP contribution in [0, 0.1) is 0 Å². The molecular weight excluding hydrogens is 328 g/mol. The molecule has 0 spiro atoms. The Bertz CT molecular complexity index is 856. The Morgan fingerprint density at radius 3 is 3.04 bits per heavy atom. The molecule has 1 amide bonds. The summed E-state index contributed by atoms with van der Waals surface area (Å²) >= 11 is 0. The van der Waals surface area contributed by atoms with E-state index in [1.54, 1.807) is 4.68 Å². The molecule has 0 bridgehead atoms. The number of nitrogens with one attached hydrogen (secondary N) is 1. The van der Waals surface area contributed by atoms with Gasteiger partial charge in [-0.05, 0) is 31.7 Å².